The number of phosphoric ester groups is 1. The largest absolute Gasteiger partial charge is 0.524 e. The number of carbonyl (C=O) groups excluding carboxylic acids is 4. The second-order valence-electron chi connectivity index (χ2n) is 12.5. The molecule has 0 radical (unpaired) electrons. The van der Waals surface area contributed by atoms with Gasteiger partial charge in [-0.1, -0.05) is 42.5 Å². The fourth-order valence-corrected chi connectivity index (χ4v) is 6.48. The van der Waals surface area contributed by atoms with E-state index in [1.54, 1.807) is 17.0 Å². The number of fused-ring (bicyclic) bond motifs is 1. The Balaban J connectivity index is 1.43. The highest BCUT2D eigenvalue weighted by Crippen LogP contribution is 2.37. The van der Waals surface area contributed by atoms with Crippen LogP contribution in [-0.4, -0.2) is 94.8 Å². The first-order chi connectivity index (χ1) is 22.9. The van der Waals surface area contributed by atoms with Gasteiger partial charge in [0, 0.05) is 19.0 Å². The van der Waals surface area contributed by atoms with Gasteiger partial charge in [0.1, 0.15) is 30.5 Å². The zero-order chi connectivity index (χ0) is 34.7. The van der Waals surface area contributed by atoms with Crippen molar-refractivity contribution in [2.45, 2.75) is 82.1 Å². The van der Waals surface area contributed by atoms with Crippen molar-refractivity contribution in [3.05, 3.63) is 65.7 Å². The number of nitrogens with zero attached hydrogens (tertiary/aromatic N) is 2. The van der Waals surface area contributed by atoms with Crippen LogP contribution in [0.15, 0.2) is 54.6 Å². The normalized spacial score (nSPS) is 20.0. The van der Waals surface area contributed by atoms with E-state index in [-0.39, 0.29) is 36.6 Å². The van der Waals surface area contributed by atoms with Crippen LogP contribution in [0.3, 0.4) is 0 Å². The van der Waals surface area contributed by atoms with E-state index in [9.17, 15) is 23.7 Å². The highest BCUT2D eigenvalue weighted by molar-refractivity contribution is 7.46. The van der Waals surface area contributed by atoms with Gasteiger partial charge < -0.3 is 35.0 Å². The van der Waals surface area contributed by atoms with Gasteiger partial charge in [-0.05, 0) is 88.8 Å². The quantitative estimate of drug-likeness (QED) is 0.138. The zero-order valence-corrected chi connectivity index (χ0v) is 28.3. The predicted molar refractivity (Wildman–Crippen MR) is 177 cm³/mol. The smallest absolute Gasteiger partial charge is 0.445 e. The third-order valence-corrected chi connectivity index (χ3v) is 8.89. The lowest BCUT2D eigenvalue weighted by molar-refractivity contribution is -0.142. The summed E-state index contributed by atoms with van der Waals surface area (Å²) in [5.74, 6) is -1.19. The molecule has 2 saturated heterocycles. The number of phosphoric acid groups is 1. The molecule has 4 atom stereocenters. The number of unbranched alkanes of at least 4 members (excludes halogenated alkanes) is 1. The lowest BCUT2D eigenvalue weighted by Crippen LogP contribution is -2.57. The number of carbonyl (C=O) groups is 4. The van der Waals surface area contributed by atoms with Gasteiger partial charge >= 0.3 is 13.9 Å². The molecule has 2 fully saturated rings. The standard InChI is InChI=1S/C33H46N5O9P/c1-37(2)20-7-6-19-34-31(40)29-18-15-25-11-8-12-27(32(41)38(25)29)35-30(39)28(36-33(42)46-22-24-9-4-3-5-10-24)21-23-13-16-26(17-14-23)47-48(43,44)45/h3-5,9-10,13-14,16-17,25,27-29H,6-8,11-12,15,18-22H2,1-2H3,(H,34,40)(H,35,39)(H,36,42)(H2,43,44,45)/t25?,27-,28-,29-/m0/s1. The summed E-state index contributed by atoms with van der Waals surface area (Å²) in [6, 6.07) is 12.0. The first-order valence-electron chi connectivity index (χ1n) is 16.3. The van der Waals surface area contributed by atoms with Crippen LogP contribution in [0.4, 0.5) is 4.79 Å². The average molecular weight is 688 g/mol. The Bertz CT molecular complexity index is 1440. The minimum atomic E-state index is -4.76. The Morgan fingerprint density at radius 3 is 2.40 bits per heavy atom. The summed E-state index contributed by atoms with van der Waals surface area (Å²) >= 11 is 0. The maximum absolute atomic E-state index is 13.9. The molecule has 4 amide bonds. The molecule has 0 aliphatic carbocycles. The maximum Gasteiger partial charge on any atom is 0.524 e. The molecule has 15 heteroatoms. The number of benzene rings is 2. The van der Waals surface area contributed by atoms with Gasteiger partial charge in [-0.2, -0.15) is 0 Å². The fourth-order valence-electron chi connectivity index (χ4n) is 6.08. The summed E-state index contributed by atoms with van der Waals surface area (Å²) in [7, 11) is -0.763. The molecule has 14 nitrogen and oxygen atoms in total. The molecule has 0 saturated carbocycles. The molecule has 4 rings (SSSR count). The molecule has 0 bridgehead atoms. The van der Waals surface area contributed by atoms with Crippen LogP contribution in [0.25, 0.3) is 0 Å². The number of ether oxygens (including phenoxy) is 1. The van der Waals surface area contributed by atoms with Crippen LogP contribution in [0.2, 0.25) is 0 Å². The van der Waals surface area contributed by atoms with Gasteiger partial charge in [0.2, 0.25) is 17.7 Å². The Labute approximate surface area is 280 Å². The summed E-state index contributed by atoms with van der Waals surface area (Å²) in [5, 5.41) is 8.41. The van der Waals surface area contributed by atoms with Crippen molar-refractivity contribution in [3.63, 3.8) is 0 Å². The molecule has 262 valence electrons. The van der Waals surface area contributed by atoms with Crippen molar-refractivity contribution in [2.24, 2.45) is 0 Å². The van der Waals surface area contributed by atoms with Crippen molar-refractivity contribution < 1.29 is 42.8 Å². The topological polar surface area (TPSA) is 187 Å². The van der Waals surface area contributed by atoms with Gasteiger partial charge in [0.05, 0.1) is 0 Å². The molecule has 0 spiro atoms. The molecule has 2 aromatic carbocycles. The van der Waals surface area contributed by atoms with E-state index in [1.165, 1.54) is 24.3 Å². The Morgan fingerprint density at radius 1 is 0.979 bits per heavy atom. The first kappa shape index (κ1) is 36.9. The Hall–Kier alpha value is -3.97. The van der Waals surface area contributed by atoms with Crippen LogP contribution in [0, 0.1) is 0 Å². The number of hydrogen-bond acceptors (Lipinski definition) is 8. The van der Waals surface area contributed by atoms with Gasteiger partial charge in [-0.15, -0.1) is 0 Å². The highest BCUT2D eigenvalue weighted by atomic mass is 31.2. The van der Waals surface area contributed by atoms with Crippen LogP contribution in [0.1, 0.15) is 56.1 Å². The molecular weight excluding hydrogens is 641 g/mol. The van der Waals surface area contributed by atoms with Gasteiger partial charge in [-0.25, -0.2) is 9.36 Å². The summed E-state index contributed by atoms with van der Waals surface area (Å²) in [4.78, 5) is 75.5. The lowest BCUT2D eigenvalue weighted by atomic mass is 10.0. The Morgan fingerprint density at radius 2 is 1.71 bits per heavy atom. The monoisotopic (exact) mass is 687 g/mol. The highest BCUT2D eigenvalue weighted by Gasteiger charge is 2.45. The number of amides is 4. The van der Waals surface area contributed by atoms with E-state index < -0.39 is 37.9 Å². The van der Waals surface area contributed by atoms with Crippen molar-refractivity contribution in [2.75, 3.05) is 27.2 Å². The molecule has 2 aliphatic heterocycles. The molecule has 1 unspecified atom stereocenters. The first-order valence-corrected chi connectivity index (χ1v) is 17.8. The molecular formula is C33H46N5O9P. The zero-order valence-electron chi connectivity index (χ0n) is 27.4. The molecule has 2 heterocycles. The van der Waals surface area contributed by atoms with Crippen molar-refractivity contribution in [1.29, 1.82) is 0 Å². The van der Waals surface area contributed by atoms with E-state index in [0.29, 0.717) is 37.8 Å². The van der Waals surface area contributed by atoms with Crippen LogP contribution < -0.4 is 20.5 Å². The van der Waals surface area contributed by atoms with Gasteiger partial charge in [0.25, 0.3) is 0 Å². The van der Waals surface area contributed by atoms with Crippen LogP contribution in [0.5, 0.6) is 5.75 Å². The molecule has 5 N–H and O–H groups in total. The number of hydrogen-bond donors (Lipinski definition) is 5. The number of rotatable bonds is 15. The summed E-state index contributed by atoms with van der Waals surface area (Å²) in [6.45, 7) is 1.42. The predicted octanol–water partition coefficient (Wildman–Crippen LogP) is 2.48. The van der Waals surface area contributed by atoms with E-state index in [2.05, 4.69) is 25.4 Å². The van der Waals surface area contributed by atoms with Gasteiger partial charge in [-0.3, -0.25) is 24.2 Å². The summed E-state index contributed by atoms with van der Waals surface area (Å²) in [6.07, 6.45) is 3.96. The van der Waals surface area contributed by atoms with Crippen molar-refractivity contribution in [3.8, 4) is 5.75 Å². The average Bonchev–Trinajstić information content (AvgIpc) is 3.40. The fraction of sp³-hybridized carbons (Fsp3) is 0.515. The Kier molecular flexibility index (Phi) is 13.4. The second-order valence-corrected chi connectivity index (χ2v) is 13.6. The lowest BCUT2D eigenvalue weighted by Gasteiger charge is -2.31. The summed E-state index contributed by atoms with van der Waals surface area (Å²) in [5.41, 5.74) is 1.30. The van der Waals surface area contributed by atoms with Crippen molar-refractivity contribution in [1.82, 2.24) is 25.8 Å². The summed E-state index contributed by atoms with van der Waals surface area (Å²) < 4.78 is 21.1. The van der Waals surface area contributed by atoms with Crippen LogP contribution in [-0.2, 0) is 36.7 Å². The third-order valence-electron chi connectivity index (χ3n) is 8.44. The molecule has 0 aromatic heterocycles. The number of nitrogens with one attached hydrogen (secondary N) is 3. The molecule has 48 heavy (non-hydrogen) atoms. The van der Waals surface area contributed by atoms with E-state index in [1.807, 2.05) is 32.3 Å². The maximum atomic E-state index is 13.9. The van der Waals surface area contributed by atoms with Gasteiger partial charge in [0.15, 0.2) is 0 Å². The minimum Gasteiger partial charge on any atom is -0.445 e. The molecule has 2 aromatic rings. The van der Waals surface area contributed by atoms with E-state index in [0.717, 1.165) is 31.4 Å². The molecule has 2 aliphatic rings. The van der Waals surface area contributed by atoms with E-state index >= 15 is 0 Å². The SMILES string of the molecule is CN(C)CCCCNC(=O)[C@@H]1CCC2CCC[C@H](NC(=O)[C@H](Cc3ccc(OP(=O)(O)O)cc3)NC(=O)OCc3ccccc3)C(=O)N21. The van der Waals surface area contributed by atoms with Crippen molar-refractivity contribution >= 4 is 31.6 Å². The van der Waals surface area contributed by atoms with Crippen LogP contribution >= 0.6 is 7.82 Å². The van der Waals surface area contributed by atoms with E-state index in [4.69, 9.17) is 14.5 Å². The second kappa shape index (κ2) is 17.4. The third kappa shape index (κ3) is 11.3. The minimum absolute atomic E-state index is 0.0193. The number of alkyl carbamates (subject to hydrolysis) is 1.